The Labute approximate surface area is 199 Å². The summed E-state index contributed by atoms with van der Waals surface area (Å²) in [7, 11) is 0. The summed E-state index contributed by atoms with van der Waals surface area (Å²) in [5.41, 5.74) is 1.92. The number of hydrogen-bond acceptors (Lipinski definition) is 3. The predicted octanol–water partition coefficient (Wildman–Crippen LogP) is 8.18. The highest BCUT2D eigenvalue weighted by Crippen LogP contribution is 2.44. The molecular formula is C30H40O3. The van der Waals surface area contributed by atoms with Crippen LogP contribution >= 0.6 is 0 Å². The number of ether oxygens (including phenoxy) is 2. The van der Waals surface area contributed by atoms with E-state index in [-0.39, 0.29) is 5.97 Å². The van der Waals surface area contributed by atoms with E-state index >= 15 is 0 Å². The fraction of sp³-hybridized carbons (Fsp3) is 0.567. The number of hydrogen-bond donors (Lipinski definition) is 0. The summed E-state index contributed by atoms with van der Waals surface area (Å²) in [5, 5.41) is 0. The summed E-state index contributed by atoms with van der Waals surface area (Å²) in [6.07, 6.45) is 14.0. The van der Waals surface area contributed by atoms with E-state index < -0.39 is 0 Å². The Morgan fingerprint density at radius 3 is 1.91 bits per heavy atom. The minimum Gasteiger partial charge on any atom is -0.494 e. The van der Waals surface area contributed by atoms with Gasteiger partial charge in [-0.15, -0.1) is 0 Å². The van der Waals surface area contributed by atoms with E-state index in [1.54, 1.807) is 24.3 Å². The molecule has 4 rings (SSSR count). The Morgan fingerprint density at radius 2 is 1.33 bits per heavy atom. The topological polar surface area (TPSA) is 35.5 Å². The van der Waals surface area contributed by atoms with Crippen LogP contribution in [0, 0.1) is 17.8 Å². The van der Waals surface area contributed by atoms with Crippen LogP contribution in [0.3, 0.4) is 0 Å². The molecule has 2 aliphatic carbocycles. The molecule has 33 heavy (non-hydrogen) atoms. The Hall–Kier alpha value is -2.29. The van der Waals surface area contributed by atoms with Gasteiger partial charge in [-0.3, -0.25) is 0 Å². The summed E-state index contributed by atoms with van der Waals surface area (Å²) in [4.78, 5) is 12.4. The molecule has 0 bridgehead atoms. The number of carbonyl (C=O) groups is 1. The molecule has 0 saturated heterocycles. The highest BCUT2D eigenvalue weighted by molar-refractivity contribution is 5.91. The lowest BCUT2D eigenvalue weighted by atomic mass is 9.68. The molecule has 2 fully saturated rings. The fourth-order valence-corrected chi connectivity index (χ4v) is 6.11. The van der Waals surface area contributed by atoms with Crippen LogP contribution in [0.5, 0.6) is 11.5 Å². The smallest absolute Gasteiger partial charge is 0.343 e. The van der Waals surface area contributed by atoms with Gasteiger partial charge in [-0.05, 0) is 111 Å². The molecule has 3 nitrogen and oxygen atoms in total. The first-order chi connectivity index (χ1) is 16.2. The first kappa shape index (κ1) is 23.9. The van der Waals surface area contributed by atoms with E-state index in [0.29, 0.717) is 23.8 Å². The van der Waals surface area contributed by atoms with Gasteiger partial charge < -0.3 is 9.47 Å². The molecule has 2 aliphatic rings. The molecule has 2 saturated carbocycles. The van der Waals surface area contributed by atoms with Crippen LogP contribution in [0.1, 0.15) is 99.9 Å². The summed E-state index contributed by atoms with van der Waals surface area (Å²) < 4.78 is 11.0. The third kappa shape index (κ3) is 6.40. The number of esters is 1. The SMILES string of the molecule is CCCC1CCC(C2CCC(c3ccc(OC(=O)c4ccc(OCC)cc4)cc3)CC2)CC1. The van der Waals surface area contributed by atoms with E-state index in [2.05, 4.69) is 19.1 Å². The number of rotatable bonds is 8. The third-order valence-electron chi connectivity index (χ3n) is 7.99. The first-order valence-corrected chi connectivity index (χ1v) is 13.2. The first-order valence-electron chi connectivity index (χ1n) is 13.2. The fourth-order valence-electron chi connectivity index (χ4n) is 6.11. The van der Waals surface area contributed by atoms with Crippen molar-refractivity contribution in [2.24, 2.45) is 17.8 Å². The average Bonchev–Trinajstić information content (AvgIpc) is 2.86. The van der Waals surface area contributed by atoms with Gasteiger partial charge >= 0.3 is 5.97 Å². The van der Waals surface area contributed by atoms with Crippen LogP contribution in [0.15, 0.2) is 48.5 Å². The zero-order valence-electron chi connectivity index (χ0n) is 20.4. The Bertz CT molecular complexity index is 854. The minimum absolute atomic E-state index is 0.333. The van der Waals surface area contributed by atoms with Crippen molar-refractivity contribution < 1.29 is 14.3 Å². The lowest BCUT2D eigenvalue weighted by Gasteiger charge is -2.38. The van der Waals surface area contributed by atoms with Crippen LogP contribution < -0.4 is 9.47 Å². The lowest BCUT2D eigenvalue weighted by Crippen LogP contribution is -2.25. The molecule has 0 aliphatic heterocycles. The van der Waals surface area contributed by atoms with Crippen LogP contribution in [-0.4, -0.2) is 12.6 Å². The van der Waals surface area contributed by atoms with Gasteiger partial charge in [0.2, 0.25) is 0 Å². The zero-order chi connectivity index (χ0) is 23.0. The maximum atomic E-state index is 12.4. The number of benzene rings is 2. The maximum Gasteiger partial charge on any atom is 0.343 e. The highest BCUT2D eigenvalue weighted by Gasteiger charge is 2.31. The van der Waals surface area contributed by atoms with Gasteiger partial charge in [0.25, 0.3) is 0 Å². The molecule has 0 N–H and O–H groups in total. The van der Waals surface area contributed by atoms with Crippen LogP contribution in [0.4, 0.5) is 0 Å². The summed E-state index contributed by atoms with van der Waals surface area (Å²) in [5.74, 6) is 4.60. The van der Waals surface area contributed by atoms with Crippen molar-refractivity contribution >= 4 is 5.97 Å². The average molecular weight is 449 g/mol. The van der Waals surface area contributed by atoms with E-state index in [1.165, 1.54) is 69.8 Å². The lowest BCUT2D eigenvalue weighted by molar-refractivity contribution is 0.0734. The summed E-state index contributed by atoms with van der Waals surface area (Å²) in [6, 6.07) is 15.3. The molecular weight excluding hydrogens is 408 g/mol. The minimum atomic E-state index is -0.333. The van der Waals surface area contributed by atoms with Crippen molar-refractivity contribution in [2.45, 2.75) is 84.0 Å². The van der Waals surface area contributed by atoms with Crippen LogP contribution in [0.2, 0.25) is 0 Å². The van der Waals surface area contributed by atoms with Crippen molar-refractivity contribution in [2.75, 3.05) is 6.61 Å². The van der Waals surface area contributed by atoms with Crippen molar-refractivity contribution in [1.82, 2.24) is 0 Å². The second-order valence-corrected chi connectivity index (χ2v) is 10.1. The van der Waals surface area contributed by atoms with E-state index in [1.807, 2.05) is 19.1 Å². The second kappa shape index (κ2) is 11.7. The van der Waals surface area contributed by atoms with Crippen molar-refractivity contribution in [3.8, 4) is 11.5 Å². The molecule has 0 spiro atoms. The maximum absolute atomic E-state index is 12.4. The molecule has 0 heterocycles. The van der Waals surface area contributed by atoms with Crippen LogP contribution in [-0.2, 0) is 0 Å². The van der Waals surface area contributed by atoms with Gasteiger partial charge in [0.1, 0.15) is 11.5 Å². The van der Waals surface area contributed by atoms with Gasteiger partial charge in [-0.1, -0.05) is 44.7 Å². The summed E-state index contributed by atoms with van der Waals surface area (Å²) >= 11 is 0. The number of carbonyl (C=O) groups excluding carboxylic acids is 1. The van der Waals surface area contributed by atoms with Crippen LogP contribution in [0.25, 0.3) is 0 Å². The molecule has 0 radical (unpaired) electrons. The monoisotopic (exact) mass is 448 g/mol. The van der Waals surface area contributed by atoms with Gasteiger partial charge in [0.05, 0.1) is 12.2 Å². The molecule has 3 heteroatoms. The molecule has 2 aromatic carbocycles. The Balaban J connectivity index is 1.24. The third-order valence-corrected chi connectivity index (χ3v) is 7.99. The largest absolute Gasteiger partial charge is 0.494 e. The van der Waals surface area contributed by atoms with Gasteiger partial charge in [-0.25, -0.2) is 4.79 Å². The quantitative estimate of drug-likeness (QED) is 0.302. The zero-order valence-corrected chi connectivity index (χ0v) is 20.4. The van der Waals surface area contributed by atoms with Crippen molar-refractivity contribution in [3.63, 3.8) is 0 Å². The van der Waals surface area contributed by atoms with E-state index in [4.69, 9.17) is 9.47 Å². The molecule has 0 atom stereocenters. The second-order valence-electron chi connectivity index (χ2n) is 10.1. The van der Waals surface area contributed by atoms with E-state index in [0.717, 1.165) is 23.5 Å². The summed E-state index contributed by atoms with van der Waals surface area (Å²) in [6.45, 7) is 4.88. The van der Waals surface area contributed by atoms with E-state index in [9.17, 15) is 4.79 Å². The van der Waals surface area contributed by atoms with Crippen molar-refractivity contribution in [3.05, 3.63) is 59.7 Å². The standard InChI is InChI=1S/C30H40O3/c1-3-5-22-6-8-23(9-7-22)24-10-12-25(13-11-24)26-14-20-29(21-15-26)33-30(31)27-16-18-28(19-17-27)32-4-2/h14-25H,3-13H2,1-2H3. The molecule has 0 amide bonds. The highest BCUT2D eigenvalue weighted by atomic mass is 16.5. The molecule has 0 unspecified atom stereocenters. The Kier molecular flexibility index (Phi) is 8.47. The molecule has 178 valence electrons. The normalized spacial score (nSPS) is 25.4. The Morgan fingerprint density at radius 1 is 0.758 bits per heavy atom. The molecule has 2 aromatic rings. The predicted molar refractivity (Wildman–Crippen MR) is 134 cm³/mol. The van der Waals surface area contributed by atoms with Gasteiger partial charge in [0, 0.05) is 0 Å². The van der Waals surface area contributed by atoms with Gasteiger partial charge in [0.15, 0.2) is 0 Å². The van der Waals surface area contributed by atoms with Gasteiger partial charge in [-0.2, -0.15) is 0 Å². The molecule has 0 aromatic heterocycles. The van der Waals surface area contributed by atoms with Crippen molar-refractivity contribution in [1.29, 1.82) is 0 Å².